The highest BCUT2D eigenvalue weighted by Gasteiger charge is 2.21. The maximum absolute atomic E-state index is 12.0. The number of Topliss-reactive ketones (excluding diaryl/α,β-unsaturated/α-hetero) is 1. The third kappa shape index (κ3) is 4.37. The molecule has 0 aromatic heterocycles. The maximum atomic E-state index is 12.0. The van der Waals surface area contributed by atoms with Gasteiger partial charge < -0.3 is 9.84 Å². The molecule has 110 valence electrons. The monoisotopic (exact) mass is 278 g/mol. The molecule has 1 aromatic rings. The largest absolute Gasteiger partial charge is 0.494 e. The smallest absolute Gasteiger partial charge is 0.303 e. The average Bonchev–Trinajstić information content (AvgIpc) is 2.35. The van der Waals surface area contributed by atoms with E-state index in [2.05, 4.69) is 20.8 Å². The highest BCUT2D eigenvalue weighted by atomic mass is 16.5. The Labute approximate surface area is 119 Å². The van der Waals surface area contributed by atoms with Gasteiger partial charge in [-0.15, -0.1) is 0 Å². The highest BCUT2D eigenvalue weighted by Crippen LogP contribution is 2.32. The molecule has 0 unspecified atom stereocenters. The molecule has 0 amide bonds. The molecule has 20 heavy (non-hydrogen) atoms. The van der Waals surface area contributed by atoms with Crippen molar-refractivity contribution >= 4 is 11.8 Å². The van der Waals surface area contributed by atoms with Gasteiger partial charge in [0.2, 0.25) is 0 Å². The lowest BCUT2D eigenvalue weighted by Gasteiger charge is -2.23. The zero-order valence-electron chi connectivity index (χ0n) is 12.5. The van der Waals surface area contributed by atoms with E-state index in [0.717, 1.165) is 11.3 Å². The predicted octanol–water partition coefficient (Wildman–Crippen LogP) is 3.43. The van der Waals surface area contributed by atoms with E-state index in [-0.39, 0.29) is 24.0 Å². The Morgan fingerprint density at radius 1 is 1.20 bits per heavy atom. The predicted molar refractivity (Wildman–Crippen MR) is 77.5 cm³/mol. The van der Waals surface area contributed by atoms with Gasteiger partial charge in [-0.3, -0.25) is 9.59 Å². The molecule has 0 saturated carbocycles. The molecule has 0 aliphatic carbocycles. The van der Waals surface area contributed by atoms with Crippen LogP contribution in [0, 0.1) is 0 Å². The number of aliphatic carboxylic acids is 1. The lowest BCUT2D eigenvalue weighted by Crippen LogP contribution is -2.15. The topological polar surface area (TPSA) is 63.6 Å². The first-order chi connectivity index (χ1) is 9.25. The highest BCUT2D eigenvalue weighted by molar-refractivity contribution is 5.97. The molecule has 1 aromatic carbocycles. The van der Waals surface area contributed by atoms with Gasteiger partial charge in [-0.1, -0.05) is 20.8 Å². The number of hydrogen-bond acceptors (Lipinski definition) is 3. The number of carbonyl (C=O) groups excluding carboxylic acids is 1. The van der Waals surface area contributed by atoms with E-state index in [4.69, 9.17) is 9.84 Å². The number of carbonyl (C=O) groups is 2. The molecule has 0 aliphatic heterocycles. The van der Waals surface area contributed by atoms with Gasteiger partial charge in [-0.25, -0.2) is 0 Å². The molecule has 1 rings (SSSR count). The van der Waals surface area contributed by atoms with Crippen molar-refractivity contribution in [2.75, 3.05) is 6.61 Å². The molecule has 0 radical (unpaired) electrons. The van der Waals surface area contributed by atoms with Crippen molar-refractivity contribution in [1.29, 1.82) is 0 Å². The van der Waals surface area contributed by atoms with Crippen LogP contribution in [0.5, 0.6) is 5.75 Å². The summed E-state index contributed by atoms with van der Waals surface area (Å²) < 4.78 is 5.59. The first kappa shape index (κ1) is 16.2. The Bertz CT molecular complexity index is 498. The Morgan fingerprint density at radius 3 is 2.35 bits per heavy atom. The minimum absolute atomic E-state index is 0.0207. The van der Waals surface area contributed by atoms with Crippen LogP contribution in [0.4, 0.5) is 0 Å². The molecule has 0 atom stereocenters. The summed E-state index contributed by atoms with van der Waals surface area (Å²) in [6.07, 6.45) is -0.121. The zero-order valence-corrected chi connectivity index (χ0v) is 12.5. The summed E-state index contributed by atoms with van der Waals surface area (Å²) in [7, 11) is 0. The second-order valence-corrected chi connectivity index (χ2v) is 5.71. The van der Waals surface area contributed by atoms with E-state index in [0.29, 0.717) is 12.2 Å². The Hall–Kier alpha value is -1.84. The van der Waals surface area contributed by atoms with Gasteiger partial charge in [-0.2, -0.15) is 0 Å². The van der Waals surface area contributed by atoms with Gasteiger partial charge in [0.05, 0.1) is 13.0 Å². The van der Waals surface area contributed by atoms with Crippen LogP contribution in [-0.2, 0) is 10.2 Å². The molecule has 1 N–H and O–H groups in total. The van der Waals surface area contributed by atoms with E-state index in [9.17, 15) is 9.59 Å². The Balaban J connectivity index is 3.06. The normalized spacial score (nSPS) is 11.2. The lowest BCUT2D eigenvalue weighted by molar-refractivity contribution is -0.136. The van der Waals surface area contributed by atoms with Crippen LogP contribution in [0.1, 0.15) is 56.5 Å². The summed E-state index contributed by atoms with van der Waals surface area (Å²) in [6, 6.07) is 5.30. The molecule has 0 bridgehead atoms. The fourth-order valence-electron chi connectivity index (χ4n) is 1.94. The number of ether oxygens (including phenoxy) is 1. The molecule has 0 fully saturated rings. The van der Waals surface area contributed by atoms with E-state index in [1.807, 2.05) is 13.0 Å². The van der Waals surface area contributed by atoms with Crippen molar-refractivity contribution in [2.45, 2.75) is 46.0 Å². The molecular formula is C16H22O4. The first-order valence-corrected chi connectivity index (χ1v) is 6.78. The van der Waals surface area contributed by atoms with Crippen molar-refractivity contribution in [1.82, 2.24) is 0 Å². The number of ketones is 1. The van der Waals surface area contributed by atoms with Gasteiger partial charge in [0.25, 0.3) is 0 Å². The number of carboxylic acid groups (broad SMARTS) is 1. The summed E-state index contributed by atoms with van der Waals surface area (Å²) in [5, 5.41) is 8.63. The van der Waals surface area contributed by atoms with Crippen molar-refractivity contribution in [3.63, 3.8) is 0 Å². The van der Waals surface area contributed by atoms with Crippen LogP contribution in [-0.4, -0.2) is 23.5 Å². The number of rotatable bonds is 6. The van der Waals surface area contributed by atoms with Crippen molar-refractivity contribution in [3.05, 3.63) is 29.3 Å². The van der Waals surface area contributed by atoms with Crippen LogP contribution in [0.3, 0.4) is 0 Å². The van der Waals surface area contributed by atoms with Gasteiger partial charge in [0, 0.05) is 17.5 Å². The molecule has 0 heterocycles. The van der Waals surface area contributed by atoms with Gasteiger partial charge >= 0.3 is 5.97 Å². The molecular weight excluding hydrogens is 256 g/mol. The van der Waals surface area contributed by atoms with Crippen LogP contribution in [0.25, 0.3) is 0 Å². The minimum Gasteiger partial charge on any atom is -0.494 e. The molecule has 4 nitrogen and oxygen atoms in total. The van der Waals surface area contributed by atoms with E-state index >= 15 is 0 Å². The number of benzene rings is 1. The minimum atomic E-state index is -0.958. The van der Waals surface area contributed by atoms with Crippen LogP contribution in [0.2, 0.25) is 0 Å². The lowest BCUT2D eigenvalue weighted by atomic mass is 9.84. The first-order valence-electron chi connectivity index (χ1n) is 6.78. The molecule has 0 aliphatic rings. The molecule has 0 saturated heterocycles. The standard InChI is InChI=1S/C16H22O4/c1-5-20-14-8-6-11(10-12(14)16(2,3)4)13(17)7-9-15(18)19/h6,8,10H,5,7,9H2,1-4H3,(H,18,19). The quantitative estimate of drug-likeness (QED) is 0.810. The van der Waals surface area contributed by atoms with Crippen LogP contribution in [0.15, 0.2) is 18.2 Å². The van der Waals surface area contributed by atoms with Crippen molar-refractivity contribution in [3.8, 4) is 5.75 Å². The number of carboxylic acids is 1. The summed E-state index contributed by atoms with van der Waals surface area (Å²) in [5.41, 5.74) is 1.35. The zero-order chi connectivity index (χ0) is 15.3. The Kier molecular flexibility index (Phi) is 5.31. The van der Waals surface area contributed by atoms with Gasteiger partial charge in [0.15, 0.2) is 5.78 Å². The van der Waals surface area contributed by atoms with Crippen molar-refractivity contribution < 1.29 is 19.4 Å². The summed E-state index contributed by atoms with van der Waals surface area (Å²) >= 11 is 0. The third-order valence-corrected chi connectivity index (χ3v) is 2.98. The average molecular weight is 278 g/mol. The number of hydrogen-bond donors (Lipinski definition) is 1. The molecule has 4 heteroatoms. The fourth-order valence-corrected chi connectivity index (χ4v) is 1.94. The summed E-state index contributed by atoms with van der Waals surface area (Å²) in [4.78, 5) is 22.5. The Morgan fingerprint density at radius 2 is 1.85 bits per heavy atom. The van der Waals surface area contributed by atoms with Crippen LogP contribution < -0.4 is 4.74 Å². The van der Waals surface area contributed by atoms with E-state index in [1.165, 1.54) is 0 Å². The summed E-state index contributed by atoms with van der Waals surface area (Å²) in [5.74, 6) is -0.337. The fraction of sp³-hybridized carbons (Fsp3) is 0.500. The van der Waals surface area contributed by atoms with E-state index in [1.54, 1.807) is 12.1 Å². The van der Waals surface area contributed by atoms with E-state index < -0.39 is 5.97 Å². The summed E-state index contributed by atoms with van der Waals surface area (Å²) in [6.45, 7) is 8.64. The van der Waals surface area contributed by atoms with Crippen molar-refractivity contribution in [2.24, 2.45) is 0 Å². The third-order valence-electron chi connectivity index (χ3n) is 2.98. The second-order valence-electron chi connectivity index (χ2n) is 5.71. The second kappa shape index (κ2) is 6.55. The van der Waals surface area contributed by atoms with Gasteiger partial charge in [0.1, 0.15) is 5.75 Å². The van der Waals surface area contributed by atoms with Gasteiger partial charge in [-0.05, 0) is 30.5 Å². The molecule has 0 spiro atoms. The van der Waals surface area contributed by atoms with Crippen LogP contribution >= 0.6 is 0 Å². The SMILES string of the molecule is CCOc1ccc(C(=O)CCC(=O)O)cc1C(C)(C)C. The maximum Gasteiger partial charge on any atom is 0.303 e.